The second kappa shape index (κ2) is 4.68. The molecule has 2 nitrogen and oxygen atoms in total. The number of benzene rings is 1. The van der Waals surface area contributed by atoms with Crippen molar-refractivity contribution >= 4 is 0 Å². The van der Waals surface area contributed by atoms with Gasteiger partial charge in [-0.3, -0.25) is 0 Å². The second-order valence-corrected chi connectivity index (χ2v) is 3.64. The molecule has 0 radical (unpaired) electrons. The van der Waals surface area contributed by atoms with Gasteiger partial charge in [-0.1, -0.05) is 12.1 Å². The van der Waals surface area contributed by atoms with Crippen molar-refractivity contribution in [1.29, 1.82) is 0 Å². The molecular weight excluding hydrogens is 200 g/mol. The molecule has 0 aliphatic carbocycles. The maximum absolute atomic E-state index is 13.2. The molecule has 1 atom stereocenters. The maximum Gasteiger partial charge on any atom is 0.164 e. The van der Waals surface area contributed by atoms with Crippen LogP contribution >= 0.6 is 0 Å². The third kappa shape index (κ3) is 2.52. The van der Waals surface area contributed by atoms with E-state index in [1.807, 2.05) is 0 Å². The first-order valence-electron chi connectivity index (χ1n) is 5.02. The summed E-state index contributed by atoms with van der Waals surface area (Å²) in [5, 5.41) is 3.14. The Hall–Kier alpha value is -1.00. The number of halogens is 2. The van der Waals surface area contributed by atoms with Crippen LogP contribution in [0.1, 0.15) is 12.0 Å². The molecule has 1 aliphatic heterocycles. The Morgan fingerprint density at radius 3 is 3.00 bits per heavy atom. The van der Waals surface area contributed by atoms with Crippen molar-refractivity contribution in [2.45, 2.75) is 19.1 Å². The molecule has 1 aromatic carbocycles. The van der Waals surface area contributed by atoms with E-state index in [4.69, 9.17) is 4.74 Å². The van der Waals surface area contributed by atoms with Gasteiger partial charge in [0.05, 0.1) is 12.7 Å². The largest absolute Gasteiger partial charge is 0.372 e. The molecule has 1 N–H and O–H groups in total. The van der Waals surface area contributed by atoms with Crippen molar-refractivity contribution in [3.8, 4) is 0 Å². The molecule has 2 rings (SSSR count). The Balaban J connectivity index is 1.95. The van der Waals surface area contributed by atoms with Gasteiger partial charge in [0.2, 0.25) is 0 Å². The number of ether oxygens (including phenoxy) is 1. The summed E-state index contributed by atoms with van der Waals surface area (Å²) in [4.78, 5) is 0. The van der Waals surface area contributed by atoms with E-state index in [1.54, 1.807) is 6.07 Å². The molecule has 4 heteroatoms. The highest BCUT2D eigenvalue weighted by molar-refractivity contribution is 5.18. The van der Waals surface area contributed by atoms with E-state index in [-0.39, 0.29) is 18.3 Å². The standard InChI is InChI=1S/C11H13F2NO/c12-10-3-1-2-8(11(10)13)7-15-9-4-5-14-6-9/h1-3,9,14H,4-7H2. The van der Waals surface area contributed by atoms with Crippen molar-refractivity contribution in [3.63, 3.8) is 0 Å². The smallest absolute Gasteiger partial charge is 0.164 e. The number of rotatable bonds is 3. The average molecular weight is 213 g/mol. The van der Waals surface area contributed by atoms with Crippen molar-refractivity contribution in [1.82, 2.24) is 5.32 Å². The van der Waals surface area contributed by atoms with E-state index in [2.05, 4.69) is 5.32 Å². The Morgan fingerprint density at radius 1 is 1.40 bits per heavy atom. The minimum atomic E-state index is -0.819. The predicted octanol–water partition coefficient (Wildman–Crippen LogP) is 1.84. The summed E-state index contributed by atoms with van der Waals surface area (Å²) in [7, 11) is 0. The lowest BCUT2D eigenvalue weighted by Crippen LogP contribution is -2.16. The van der Waals surface area contributed by atoms with Crippen LogP contribution < -0.4 is 5.32 Å². The Morgan fingerprint density at radius 2 is 2.27 bits per heavy atom. The molecule has 1 fully saturated rings. The minimum Gasteiger partial charge on any atom is -0.372 e. The van der Waals surface area contributed by atoms with Gasteiger partial charge in [-0.25, -0.2) is 8.78 Å². The van der Waals surface area contributed by atoms with Crippen LogP contribution in [0.3, 0.4) is 0 Å². The van der Waals surface area contributed by atoms with Crippen LogP contribution in [-0.2, 0) is 11.3 Å². The first-order valence-corrected chi connectivity index (χ1v) is 5.02. The fraction of sp³-hybridized carbons (Fsp3) is 0.455. The SMILES string of the molecule is Fc1cccc(COC2CCNC2)c1F. The highest BCUT2D eigenvalue weighted by atomic mass is 19.2. The van der Waals surface area contributed by atoms with Gasteiger partial charge >= 0.3 is 0 Å². The summed E-state index contributed by atoms with van der Waals surface area (Å²) in [5.74, 6) is -1.62. The molecule has 0 saturated carbocycles. The molecule has 0 aromatic heterocycles. The molecule has 1 heterocycles. The molecule has 0 amide bonds. The first kappa shape index (κ1) is 10.5. The highest BCUT2D eigenvalue weighted by Gasteiger charge is 2.16. The lowest BCUT2D eigenvalue weighted by molar-refractivity contribution is 0.0522. The number of hydrogen-bond acceptors (Lipinski definition) is 2. The molecule has 82 valence electrons. The third-order valence-corrected chi connectivity index (χ3v) is 2.52. The Kier molecular flexibility index (Phi) is 3.28. The van der Waals surface area contributed by atoms with E-state index in [1.165, 1.54) is 6.07 Å². The lowest BCUT2D eigenvalue weighted by atomic mass is 10.2. The zero-order valence-electron chi connectivity index (χ0n) is 8.30. The van der Waals surface area contributed by atoms with Crippen molar-refractivity contribution in [2.24, 2.45) is 0 Å². The van der Waals surface area contributed by atoms with Gasteiger partial charge in [0.1, 0.15) is 0 Å². The number of nitrogens with one attached hydrogen (secondary N) is 1. The topological polar surface area (TPSA) is 21.3 Å². The van der Waals surface area contributed by atoms with Crippen molar-refractivity contribution < 1.29 is 13.5 Å². The van der Waals surface area contributed by atoms with Crippen LogP contribution in [0.15, 0.2) is 18.2 Å². The van der Waals surface area contributed by atoms with Gasteiger partial charge in [-0.05, 0) is 19.0 Å². The predicted molar refractivity (Wildman–Crippen MR) is 52.4 cm³/mol. The van der Waals surface area contributed by atoms with Crippen molar-refractivity contribution in [3.05, 3.63) is 35.4 Å². The summed E-state index contributed by atoms with van der Waals surface area (Å²) in [6, 6.07) is 4.14. The lowest BCUT2D eigenvalue weighted by Gasteiger charge is -2.10. The summed E-state index contributed by atoms with van der Waals surface area (Å²) in [5.41, 5.74) is 0.280. The van der Waals surface area contributed by atoms with Crippen LogP contribution in [0.5, 0.6) is 0 Å². The first-order chi connectivity index (χ1) is 7.27. The Bertz CT molecular complexity index is 337. The van der Waals surface area contributed by atoms with Crippen LogP contribution in [0.2, 0.25) is 0 Å². The normalized spacial score (nSPS) is 20.8. The molecule has 1 aliphatic rings. The van der Waals surface area contributed by atoms with Crippen LogP contribution in [0.4, 0.5) is 8.78 Å². The fourth-order valence-corrected chi connectivity index (χ4v) is 1.64. The Labute approximate surface area is 87.2 Å². The summed E-state index contributed by atoms with van der Waals surface area (Å²) in [6.07, 6.45) is 1.05. The van der Waals surface area contributed by atoms with Crippen LogP contribution in [0, 0.1) is 11.6 Å². The van der Waals surface area contributed by atoms with Gasteiger partial charge in [-0.15, -0.1) is 0 Å². The average Bonchev–Trinajstić information content (AvgIpc) is 2.73. The molecule has 1 aromatic rings. The summed E-state index contributed by atoms with van der Waals surface area (Å²) in [6.45, 7) is 1.85. The maximum atomic E-state index is 13.2. The monoisotopic (exact) mass is 213 g/mol. The van der Waals surface area contributed by atoms with E-state index < -0.39 is 11.6 Å². The number of hydrogen-bond donors (Lipinski definition) is 1. The molecule has 0 spiro atoms. The van der Waals surface area contributed by atoms with E-state index in [9.17, 15) is 8.78 Å². The fourth-order valence-electron chi connectivity index (χ4n) is 1.64. The van der Waals surface area contributed by atoms with E-state index in [0.717, 1.165) is 25.6 Å². The second-order valence-electron chi connectivity index (χ2n) is 3.64. The quantitative estimate of drug-likeness (QED) is 0.827. The molecule has 1 unspecified atom stereocenters. The van der Waals surface area contributed by atoms with Crippen LogP contribution in [0.25, 0.3) is 0 Å². The van der Waals surface area contributed by atoms with Crippen molar-refractivity contribution in [2.75, 3.05) is 13.1 Å². The molecule has 15 heavy (non-hydrogen) atoms. The van der Waals surface area contributed by atoms with Gasteiger partial charge < -0.3 is 10.1 Å². The van der Waals surface area contributed by atoms with Crippen LogP contribution in [-0.4, -0.2) is 19.2 Å². The van der Waals surface area contributed by atoms with Gasteiger partial charge in [0.15, 0.2) is 11.6 Å². The van der Waals surface area contributed by atoms with Gasteiger partial charge in [0, 0.05) is 12.1 Å². The van der Waals surface area contributed by atoms with Gasteiger partial charge in [0.25, 0.3) is 0 Å². The third-order valence-electron chi connectivity index (χ3n) is 2.52. The van der Waals surface area contributed by atoms with E-state index >= 15 is 0 Å². The molecule has 1 saturated heterocycles. The highest BCUT2D eigenvalue weighted by Crippen LogP contribution is 2.14. The summed E-state index contributed by atoms with van der Waals surface area (Å²) >= 11 is 0. The summed E-state index contributed by atoms with van der Waals surface area (Å²) < 4.78 is 31.5. The molecule has 0 bridgehead atoms. The zero-order valence-corrected chi connectivity index (χ0v) is 8.30. The minimum absolute atomic E-state index is 0.118. The van der Waals surface area contributed by atoms with Gasteiger partial charge in [-0.2, -0.15) is 0 Å². The zero-order chi connectivity index (χ0) is 10.7. The molecular formula is C11H13F2NO. The van der Waals surface area contributed by atoms with E-state index in [0.29, 0.717) is 0 Å².